The highest BCUT2D eigenvalue weighted by Crippen LogP contribution is 2.08. The Morgan fingerprint density at radius 3 is 2.40 bits per heavy atom. The summed E-state index contributed by atoms with van der Waals surface area (Å²) < 4.78 is 0. The molecule has 2 N–H and O–H groups in total. The maximum Gasteiger partial charge on any atom is 0.325 e. The second-order valence-electron chi connectivity index (χ2n) is 3.86. The van der Waals surface area contributed by atoms with E-state index in [1.54, 1.807) is 0 Å². The fourth-order valence-electron chi connectivity index (χ4n) is 0.829. The Morgan fingerprint density at radius 2 is 1.93 bits per heavy atom. The van der Waals surface area contributed by atoms with Crippen LogP contribution in [0.4, 0.5) is 0 Å². The number of thioether (sulfide) groups is 1. The number of hydrogen-bond acceptors (Lipinski definition) is 3. The minimum atomic E-state index is -1.00. The first-order chi connectivity index (χ1) is 6.93. The lowest BCUT2D eigenvalue weighted by molar-refractivity contribution is -0.140. The molecule has 5 heteroatoms. The highest BCUT2D eigenvalue weighted by atomic mass is 32.2. The maximum atomic E-state index is 11.2. The summed E-state index contributed by atoms with van der Waals surface area (Å²) >= 11 is 1.54. The van der Waals surface area contributed by atoms with Crippen molar-refractivity contribution in [1.82, 2.24) is 5.32 Å². The quantitative estimate of drug-likeness (QED) is 0.651. The number of hydrogen-bond donors (Lipinski definition) is 2. The first-order valence-electron chi connectivity index (χ1n) is 5.03. The molecule has 0 aromatic rings. The molecule has 0 fully saturated rings. The molecule has 0 aliphatic heterocycles. The van der Waals surface area contributed by atoms with Crippen LogP contribution < -0.4 is 5.32 Å². The predicted molar refractivity (Wildman–Crippen MR) is 62.0 cm³/mol. The SMILES string of the molecule is CC(C)CCSCC(=O)N[C@@H](C)C(=O)O. The van der Waals surface area contributed by atoms with Crippen molar-refractivity contribution in [2.24, 2.45) is 5.92 Å². The van der Waals surface area contributed by atoms with Gasteiger partial charge in [-0.05, 0) is 25.0 Å². The van der Waals surface area contributed by atoms with E-state index < -0.39 is 12.0 Å². The molecule has 0 rings (SSSR count). The van der Waals surface area contributed by atoms with Crippen LogP contribution in [0.5, 0.6) is 0 Å². The molecule has 0 aliphatic rings. The Hall–Kier alpha value is -0.710. The van der Waals surface area contributed by atoms with Crippen LogP contribution in [0.15, 0.2) is 0 Å². The van der Waals surface area contributed by atoms with Crippen molar-refractivity contribution in [3.63, 3.8) is 0 Å². The third-order valence-electron chi connectivity index (χ3n) is 1.82. The summed E-state index contributed by atoms with van der Waals surface area (Å²) in [5.74, 6) is 0.698. The molecule has 88 valence electrons. The fourth-order valence-corrected chi connectivity index (χ4v) is 1.88. The van der Waals surface area contributed by atoms with Crippen LogP contribution >= 0.6 is 11.8 Å². The Morgan fingerprint density at radius 1 is 1.33 bits per heavy atom. The van der Waals surface area contributed by atoms with Gasteiger partial charge in [0.2, 0.25) is 5.91 Å². The molecule has 0 bridgehead atoms. The van der Waals surface area contributed by atoms with E-state index in [1.807, 2.05) is 0 Å². The molecule has 15 heavy (non-hydrogen) atoms. The van der Waals surface area contributed by atoms with Gasteiger partial charge in [-0.3, -0.25) is 9.59 Å². The molecule has 0 saturated heterocycles. The van der Waals surface area contributed by atoms with Crippen molar-refractivity contribution >= 4 is 23.6 Å². The number of carboxylic acids is 1. The second-order valence-corrected chi connectivity index (χ2v) is 4.97. The highest BCUT2D eigenvalue weighted by molar-refractivity contribution is 7.99. The van der Waals surface area contributed by atoms with E-state index >= 15 is 0 Å². The molecule has 0 aromatic heterocycles. The number of amides is 1. The lowest BCUT2D eigenvalue weighted by Crippen LogP contribution is -2.39. The molecular weight excluding hydrogens is 214 g/mol. The smallest absolute Gasteiger partial charge is 0.325 e. The average molecular weight is 233 g/mol. The fraction of sp³-hybridized carbons (Fsp3) is 0.800. The number of carbonyl (C=O) groups excluding carboxylic acids is 1. The summed E-state index contributed by atoms with van der Waals surface area (Å²) in [5, 5.41) is 11.0. The van der Waals surface area contributed by atoms with Crippen molar-refractivity contribution in [3.8, 4) is 0 Å². The summed E-state index contributed by atoms with van der Waals surface area (Å²) in [7, 11) is 0. The van der Waals surface area contributed by atoms with Gasteiger partial charge in [0.1, 0.15) is 6.04 Å². The van der Waals surface area contributed by atoms with Crippen molar-refractivity contribution in [3.05, 3.63) is 0 Å². The first-order valence-corrected chi connectivity index (χ1v) is 6.19. The molecule has 0 aromatic carbocycles. The second kappa shape index (κ2) is 7.56. The van der Waals surface area contributed by atoms with Crippen molar-refractivity contribution in [1.29, 1.82) is 0 Å². The molecule has 0 radical (unpaired) electrons. The Balaban J connectivity index is 3.54. The van der Waals surface area contributed by atoms with Crippen LogP contribution in [0.25, 0.3) is 0 Å². The molecule has 0 heterocycles. The van der Waals surface area contributed by atoms with E-state index in [4.69, 9.17) is 5.11 Å². The molecule has 1 amide bonds. The lowest BCUT2D eigenvalue weighted by Gasteiger charge is -2.09. The summed E-state index contributed by atoms with van der Waals surface area (Å²) in [4.78, 5) is 21.6. The summed E-state index contributed by atoms with van der Waals surface area (Å²) in [6.45, 7) is 5.72. The molecular formula is C10H19NO3S. The normalized spacial score (nSPS) is 12.5. The molecule has 1 atom stereocenters. The standard InChI is InChI=1S/C10H19NO3S/c1-7(2)4-5-15-6-9(12)11-8(3)10(13)14/h7-8H,4-6H2,1-3H3,(H,11,12)(H,13,14)/t8-/m0/s1. The monoisotopic (exact) mass is 233 g/mol. The van der Waals surface area contributed by atoms with Crippen LogP contribution in [0, 0.1) is 5.92 Å². The number of carbonyl (C=O) groups is 2. The maximum absolute atomic E-state index is 11.2. The molecule has 0 spiro atoms. The van der Waals surface area contributed by atoms with Crippen molar-refractivity contribution < 1.29 is 14.7 Å². The van der Waals surface area contributed by atoms with Gasteiger partial charge in [0, 0.05) is 0 Å². The van der Waals surface area contributed by atoms with E-state index in [1.165, 1.54) is 18.7 Å². The molecule has 0 saturated carbocycles. The number of aliphatic carboxylic acids is 1. The van der Waals surface area contributed by atoms with Crippen LogP contribution in [-0.4, -0.2) is 34.5 Å². The van der Waals surface area contributed by atoms with Crippen LogP contribution in [0.3, 0.4) is 0 Å². The molecule has 0 aliphatic carbocycles. The van der Waals surface area contributed by atoms with Gasteiger partial charge in [-0.15, -0.1) is 0 Å². The van der Waals surface area contributed by atoms with Crippen molar-refractivity contribution in [2.75, 3.05) is 11.5 Å². The van der Waals surface area contributed by atoms with E-state index in [2.05, 4.69) is 19.2 Å². The Kier molecular flexibility index (Phi) is 7.21. The van der Waals surface area contributed by atoms with Crippen LogP contribution in [0.1, 0.15) is 27.2 Å². The Bertz CT molecular complexity index is 219. The van der Waals surface area contributed by atoms with Gasteiger partial charge in [-0.2, -0.15) is 11.8 Å². The number of carboxylic acid groups (broad SMARTS) is 1. The number of rotatable bonds is 7. The molecule has 4 nitrogen and oxygen atoms in total. The van der Waals surface area contributed by atoms with E-state index in [9.17, 15) is 9.59 Å². The number of nitrogens with one attached hydrogen (secondary N) is 1. The zero-order chi connectivity index (χ0) is 11.8. The minimum Gasteiger partial charge on any atom is -0.480 e. The summed E-state index contributed by atoms with van der Waals surface area (Å²) in [6.07, 6.45) is 1.08. The summed E-state index contributed by atoms with van der Waals surface area (Å²) in [5.41, 5.74) is 0. The molecule has 0 unspecified atom stereocenters. The van der Waals surface area contributed by atoms with E-state index in [0.29, 0.717) is 11.7 Å². The minimum absolute atomic E-state index is 0.210. The third kappa shape index (κ3) is 8.30. The van der Waals surface area contributed by atoms with Gasteiger partial charge < -0.3 is 10.4 Å². The van der Waals surface area contributed by atoms with Gasteiger partial charge in [0.05, 0.1) is 5.75 Å². The average Bonchev–Trinajstić information content (AvgIpc) is 2.12. The van der Waals surface area contributed by atoms with Gasteiger partial charge in [-0.1, -0.05) is 13.8 Å². The Labute approximate surface area is 94.8 Å². The van der Waals surface area contributed by atoms with E-state index in [-0.39, 0.29) is 5.91 Å². The van der Waals surface area contributed by atoms with E-state index in [0.717, 1.165) is 12.2 Å². The van der Waals surface area contributed by atoms with Gasteiger partial charge >= 0.3 is 5.97 Å². The predicted octanol–water partition coefficient (Wildman–Crippen LogP) is 1.35. The van der Waals surface area contributed by atoms with Gasteiger partial charge in [0.25, 0.3) is 0 Å². The summed E-state index contributed by atoms with van der Waals surface area (Å²) in [6, 6.07) is -0.803. The zero-order valence-corrected chi connectivity index (χ0v) is 10.3. The zero-order valence-electron chi connectivity index (χ0n) is 9.45. The largest absolute Gasteiger partial charge is 0.480 e. The topological polar surface area (TPSA) is 66.4 Å². The van der Waals surface area contributed by atoms with Crippen LogP contribution in [-0.2, 0) is 9.59 Å². The van der Waals surface area contributed by atoms with Gasteiger partial charge in [-0.25, -0.2) is 0 Å². The lowest BCUT2D eigenvalue weighted by atomic mass is 10.2. The van der Waals surface area contributed by atoms with Crippen LogP contribution in [0.2, 0.25) is 0 Å². The first kappa shape index (κ1) is 14.3. The highest BCUT2D eigenvalue weighted by Gasteiger charge is 2.13. The van der Waals surface area contributed by atoms with Crippen molar-refractivity contribution in [2.45, 2.75) is 33.2 Å². The van der Waals surface area contributed by atoms with Gasteiger partial charge in [0.15, 0.2) is 0 Å². The third-order valence-corrected chi connectivity index (χ3v) is 2.81.